The summed E-state index contributed by atoms with van der Waals surface area (Å²) in [6.45, 7) is 2.16. The van der Waals surface area contributed by atoms with Crippen molar-refractivity contribution in [1.82, 2.24) is 0 Å². The van der Waals surface area contributed by atoms with E-state index in [-0.39, 0.29) is 17.7 Å². The summed E-state index contributed by atoms with van der Waals surface area (Å²) >= 11 is 5.27. The lowest BCUT2D eigenvalue weighted by molar-refractivity contribution is 0.262. The number of halogens is 3. The van der Waals surface area contributed by atoms with Crippen LogP contribution in [0.1, 0.15) is 0 Å². The second-order valence-electron chi connectivity index (χ2n) is 5.31. The van der Waals surface area contributed by atoms with E-state index in [1.54, 1.807) is 12.1 Å². The van der Waals surface area contributed by atoms with Gasteiger partial charge in [0.15, 0.2) is 0 Å². The highest BCUT2D eigenvalue weighted by Gasteiger charge is 2.23. The maximum Gasteiger partial charge on any atom is 0.126 e. The molecule has 0 aliphatic carbocycles. The van der Waals surface area contributed by atoms with Gasteiger partial charge in [0.25, 0.3) is 0 Å². The van der Waals surface area contributed by atoms with Crippen molar-refractivity contribution in [3.05, 3.63) is 60.2 Å². The van der Waals surface area contributed by atoms with Gasteiger partial charge < -0.3 is 19.3 Å². The Bertz CT molecular complexity index is 631. The molecule has 0 radical (unpaired) electrons. The van der Waals surface area contributed by atoms with Gasteiger partial charge in [-0.25, -0.2) is 8.78 Å². The monoisotopic (exact) mass is 372 g/mol. The molecule has 2 saturated heterocycles. The Labute approximate surface area is 149 Å². The van der Waals surface area contributed by atoms with Crippen molar-refractivity contribution in [3.63, 3.8) is 0 Å². The summed E-state index contributed by atoms with van der Waals surface area (Å²) in [6, 6.07) is 11.3. The summed E-state index contributed by atoms with van der Waals surface area (Å²) < 4.78 is 39.5. The molecule has 136 valence electrons. The second-order valence-corrected chi connectivity index (χ2v) is 5.62. The van der Waals surface area contributed by atoms with Gasteiger partial charge in [-0.2, -0.15) is 0 Å². The zero-order valence-corrected chi connectivity index (χ0v) is 14.2. The highest BCUT2D eigenvalue weighted by atomic mass is 35.5. The lowest BCUT2D eigenvalue weighted by Crippen LogP contribution is -2.03. The van der Waals surface area contributed by atoms with Crippen molar-refractivity contribution in [2.45, 2.75) is 12.2 Å². The molecule has 4 nitrogen and oxygen atoms in total. The molecule has 1 N–H and O–H groups in total. The predicted molar refractivity (Wildman–Crippen MR) is 90.2 cm³/mol. The number of hydrogen-bond donors (Lipinski definition) is 1. The molecule has 2 atom stereocenters. The molecule has 2 unspecified atom stereocenters. The first kappa shape index (κ1) is 19.4. The molecule has 0 saturated carbocycles. The van der Waals surface area contributed by atoms with Gasteiger partial charge in [0.05, 0.1) is 25.2 Å². The van der Waals surface area contributed by atoms with E-state index in [2.05, 4.69) is 0 Å². The molecule has 0 spiro atoms. The van der Waals surface area contributed by atoms with Gasteiger partial charge in [-0.3, -0.25) is 0 Å². The Morgan fingerprint density at radius 2 is 1.60 bits per heavy atom. The van der Waals surface area contributed by atoms with Gasteiger partial charge >= 0.3 is 0 Å². The third kappa shape index (κ3) is 9.24. The van der Waals surface area contributed by atoms with Crippen LogP contribution in [0.2, 0.25) is 0 Å². The summed E-state index contributed by atoms with van der Waals surface area (Å²) in [5, 5.41) is 8.57. The van der Waals surface area contributed by atoms with E-state index in [4.69, 9.17) is 30.9 Å². The van der Waals surface area contributed by atoms with Crippen molar-refractivity contribution < 1.29 is 28.1 Å². The third-order valence-electron chi connectivity index (χ3n) is 3.02. The predicted octanol–water partition coefficient (Wildman–Crippen LogP) is 3.76. The van der Waals surface area contributed by atoms with Crippen LogP contribution in [-0.2, 0) is 9.47 Å². The van der Waals surface area contributed by atoms with Crippen molar-refractivity contribution in [2.75, 3.05) is 25.7 Å². The Hall–Kier alpha value is -1.89. The van der Waals surface area contributed by atoms with Crippen molar-refractivity contribution in [1.29, 1.82) is 0 Å². The Balaban J connectivity index is 0.000000149. The van der Waals surface area contributed by atoms with Gasteiger partial charge in [0, 0.05) is 12.1 Å². The number of aromatic hydroxyl groups is 1. The Kier molecular flexibility index (Phi) is 7.91. The minimum Gasteiger partial charge on any atom is -0.508 e. The SMILES string of the molecule is ClCC1CO1.Fc1cccc(OCC2CO2)c1.Oc1cccc(F)c1. The number of alkyl halides is 1. The average Bonchev–Trinajstić information content (AvgIpc) is 3.49. The lowest BCUT2D eigenvalue weighted by Gasteiger charge is -2.02. The fourth-order valence-electron chi connectivity index (χ4n) is 1.54. The topological polar surface area (TPSA) is 54.5 Å². The van der Waals surface area contributed by atoms with Crippen molar-refractivity contribution in [2.24, 2.45) is 0 Å². The van der Waals surface area contributed by atoms with Crippen molar-refractivity contribution >= 4 is 11.6 Å². The number of rotatable bonds is 4. The molecule has 2 fully saturated rings. The van der Waals surface area contributed by atoms with Crippen LogP contribution in [-0.4, -0.2) is 43.0 Å². The highest BCUT2D eigenvalue weighted by molar-refractivity contribution is 6.18. The van der Waals surface area contributed by atoms with E-state index >= 15 is 0 Å². The van der Waals surface area contributed by atoms with Crippen LogP contribution < -0.4 is 4.74 Å². The van der Waals surface area contributed by atoms with Gasteiger partial charge in [-0.15, -0.1) is 11.6 Å². The minimum atomic E-state index is -0.412. The normalized spacial score (nSPS) is 19.6. The minimum absolute atomic E-state index is 0.0370. The van der Waals surface area contributed by atoms with Crippen LogP contribution in [0.5, 0.6) is 11.5 Å². The first-order valence-corrected chi connectivity index (χ1v) is 8.22. The number of hydrogen-bond acceptors (Lipinski definition) is 4. The summed E-state index contributed by atoms with van der Waals surface area (Å²) in [7, 11) is 0. The number of phenolic OH excluding ortho intramolecular Hbond substituents is 1. The van der Waals surface area contributed by atoms with E-state index in [1.165, 1.54) is 30.3 Å². The van der Waals surface area contributed by atoms with E-state index in [9.17, 15) is 8.78 Å². The molecule has 0 aromatic heterocycles. The van der Waals surface area contributed by atoms with Crippen LogP contribution in [0.4, 0.5) is 8.78 Å². The smallest absolute Gasteiger partial charge is 0.126 e. The van der Waals surface area contributed by atoms with Crippen LogP contribution in [0, 0.1) is 11.6 Å². The fraction of sp³-hybridized carbons (Fsp3) is 0.333. The molecule has 25 heavy (non-hydrogen) atoms. The van der Waals surface area contributed by atoms with Gasteiger partial charge in [-0.05, 0) is 24.3 Å². The number of ether oxygens (including phenoxy) is 3. The van der Waals surface area contributed by atoms with E-state index < -0.39 is 5.82 Å². The molecule has 7 heteroatoms. The van der Waals surface area contributed by atoms with Crippen LogP contribution >= 0.6 is 11.6 Å². The fourth-order valence-corrected chi connectivity index (χ4v) is 1.72. The van der Waals surface area contributed by atoms with E-state index in [0.29, 0.717) is 24.3 Å². The summed E-state index contributed by atoms with van der Waals surface area (Å²) in [6.07, 6.45) is 0.616. The van der Waals surface area contributed by atoms with Crippen LogP contribution in [0.25, 0.3) is 0 Å². The third-order valence-corrected chi connectivity index (χ3v) is 3.36. The molecule has 2 heterocycles. The average molecular weight is 373 g/mol. The second kappa shape index (κ2) is 10.2. The van der Waals surface area contributed by atoms with E-state index in [0.717, 1.165) is 19.3 Å². The van der Waals surface area contributed by atoms with Gasteiger partial charge in [-0.1, -0.05) is 12.1 Å². The summed E-state index contributed by atoms with van der Waals surface area (Å²) in [4.78, 5) is 0. The summed E-state index contributed by atoms with van der Waals surface area (Å²) in [5.74, 6) is 0.504. The largest absolute Gasteiger partial charge is 0.508 e. The molecule has 2 aromatic rings. The Morgan fingerprint density at radius 1 is 1.00 bits per heavy atom. The molecule has 0 bridgehead atoms. The Morgan fingerprint density at radius 3 is 2.00 bits per heavy atom. The lowest BCUT2D eigenvalue weighted by atomic mass is 10.3. The standard InChI is InChI=1S/C9H9FO2.C6H5FO.C3H5ClO/c10-7-2-1-3-8(4-7)11-5-9-6-12-9;7-5-2-1-3-6(8)4-5;4-1-3-2-5-3/h1-4,9H,5-6H2;1-4,8H;3H,1-2H2. The van der Waals surface area contributed by atoms with Crippen LogP contribution in [0.3, 0.4) is 0 Å². The molecule has 2 aliphatic heterocycles. The summed E-state index contributed by atoms with van der Waals surface area (Å²) in [5.41, 5.74) is 0. The van der Waals surface area contributed by atoms with Gasteiger partial charge in [0.2, 0.25) is 0 Å². The van der Waals surface area contributed by atoms with E-state index in [1.807, 2.05) is 0 Å². The number of epoxide rings is 2. The molecule has 2 aliphatic rings. The zero-order valence-electron chi connectivity index (χ0n) is 13.4. The molecular formula is C18H19ClF2O4. The molecule has 0 amide bonds. The highest BCUT2D eigenvalue weighted by Crippen LogP contribution is 2.15. The van der Waals surface area contributed by atoms with Crippen molar-refractivity contribution in [3.8, 4) is 11.5 Å². The zero-order chi connectivity index (χ0) is 18.1. The van der Waals surface area contributed by atoms with Gasteiger partial charge in [0.1, 0.15) is 35.8 Å². The number of phenols is 1. The quantitative estimate of drug-likeness (QED) is 0.656. The molecular weight excluding hydrogens is 354 g/mol. The first-order valence-electron chi connectivity index (χ1n) is 7.69. The first-order chi connectivity index (χ1) is 12.1. The maximum atomic E-state index is 12.6. The maximum absolute atomic E-state index is 12.6. The molecule has 2 aromatic carbocycles. The number of benzene rings is 2. The molecule has 4 rings (SSSR count). The van der Waals surface area contributed by atoms with Crippen LogP contribution in [0.15, 0.2) is 48.5 Å².